The number of hydrogen-bond acceptors (Lipinski definition) is 5. The first-order valence-electron chi connectivity index (χ1n) is 10.7. The van der Waals surface area contributed by atoms with E-state index in [1.54, 1.807) is 5.06 Å². The van der Waals surface area contributed by atoms with Gasteiger partial charge in [-0.25, -0.2) is 0 Å². The van der Waals surface area contributed by atoms with Crippen LogP contribution in [0.15, 0.2) is 30.3 Å². The highest BCUT2D eigenvalue weighted by Crippen LogP contribution is 2.14. The van der Waals surface area contributed by atoms with Crippen LogP contribution in [0.2, 0.25) is 0 Å². The van der Waals surface area contributed by atoms with Crippen LogP contribution >= 0.6 is 0 Å². The molecule has 28 heavy (non-hydrogen) atoms. The van der Waals surface area contributed by atoms with Crippen molar-refractivity contribution in [1.29, 1.82) is 0 Å². The summed E-state index contributed by atoms with van der Waals surface area (Å²) >= 11 is 0. The van der Waals surface area contributed by atoms with Crippen molar-refractivity contribution in [2.75, 3.05) is 20.2 Å². The number of carbonyl (C=O) groups is 1. The second kappa shape index (κ2) is 14.4. The van der Waals surface area contributed by atoms with E-state index in [0.717, 1.165) is 70.3 Å². The van der Waals surface area contributed by atoms with E-state index in [4.69, 9.17) is 9.57 Å². The Hall–Kier alpha value is -1.59. The first-order valence-corrected chi connectivity index (χ1v) is 10.7. The monoisotopic (exact) mass is 393 g/mol. The van der Waals surface area contributed by atoms with Crippen molar-refractivity contribution >= 4 is 5.97 Å². The molecule has 0 bridgehead atoms. The summed E-state index contributed by atoms with van der Waals surface area (Å²) in [6.45, 7) is 5.16. The van der Waals surface area contributed by atoms with Crippen molar-refractivity contribution in [2.45, 2.75) is 83.7 Å². The molecule has 1 N–H and O–H groups in total. The van der Waals surface area contributed by atoms with Crippen LogP contribution in [-0.2, 0) is 9.63 Å². The van der Waals surface area contributed by atoms with Crippen LogP contribution in [0.1, 0.15) is 78.1 Å². The third kappa shape index (κ3) is 14.5. The fraction of sp³-hybridized carbons (Fsp3) is 0.696. The predicted molar refractivity (Wildman–Crippen MR) is 113 cm³/mol. The summed E-state index contributed by atoms with van der Waals surface area (Å²) in [4.78, 5) is 17.1. The summed E-state index contributed by atoms with van der Waals surface area (Å²) in [6, 6.07) is 9.91. The average molecular weight is 394 g/mol. The lowest BCUT2D eigenvalue weighted by Gasteiger charge is -2.17. The summed E-state index contributed by atoms with van der Waals surface area (Å²) in [5.74, 6) is 0.770. The Morgan fingerprint density at radius 2 is 1.61 bits per heavy atom. The van der Waals surface area contributed by atoms with E-state index in [0.29, 0.717) is 6.42 Å². The number of aliphatic hydroxyl groups is 1. The van der Waals surface area contributed by atoms with Gasteiger partial charge in [0.1, 0.15) is 5.75 Å². The Kier molecular flexibility index (Phi) is 12.6. The molecule has 0 saturated carbocycles. The molecular weight excluding hydrogens is 354 g/mol. The van der Waals surface area contributed by atoms with E-state index in [2.05, 4.69) is 0 Å². The first-order chi connectivity index (χ1) is 13.4. The quantitative estimate of drug-likeness (QED) is 0.312. The maximum atomic E-state index is 11.8. The van der Waals surface area contributed by atoms with Gasteiger partial charge in [-0.15, -0.1) is 5.06 Å². The van der Waals surface area contributed by atoms with Crippen molar-refractivity contribution < 1.29 is 19.5 Å². The van der Waals surface area contributed by atoms with Gasteiger partial charge < -0.3 is 14.7 Å². The van der Waals surface area contributed by atoms with Gasteiger partial charge in [0, 0.05) is 20.0 Å². The molecule has 0 saturated heterocycles. The Morgan fingerprint density at radius 3 is 2.32 bits per heavy atom. The van der Waals surface area contributed by atoms with Crippen LogP contribution in [0.4, 0.5) is 0 Å². The van der Waals surface area contributed by atoms with Crippen molar-refractivity contribution in [1.82, 2.24) is 5.06 Å². The predicted octanol–water partition coefficient (Wildman–Crippen LogP) is 5.13. The van der Waals surface area contributed by atoms with Crippen molar-refractivity contribution in [3.05, 3.63) is 30.3 Å². The number of hydroxylamine groups is 2. The van der Waals surface area contributed by atoms with E-state index in [1.165, 1.54) is 6.42 Å². The minimum atomic E-state index is -0.615. The Labute approximate surface area is 171 Å². The second-order valence-electron chi connectivity index (χ2n) is 8.12. The Morgan fingerprint density at radius 1 is 0.964 bits per heavy atom. The third-order valence-electron chi connectivity index (χ3n) is 4.56. The van der Waals surface area contributed by atoms with E-state index in [-0.39, 0.29) is 5.97 Å². The lowest BCUT2D eigenvalue weighted by atomic mass is 10.0. The highest BCUT2D eigenvalue weighted by Gasteiger charge is 2.12. The van der Waals surface area contributed by atoms with Crippen LogP contribution < -0.4 is 4.74 Å². The topological polar surface area (TPSA) is 59.0 Å². The summed E-state index contributed by atoms with van der Waals surface area (Å²) < 4.78 is 5.68. The molecule has 0 radical (unpaired) electrons. The van der Waals surface area contributed by atoms with Crippen LogP contribution in [0.5, 0.6) is 5.75 Å². The van der Waals surface area contributed by atoms with E-state index in [9.17, 15) is 9.90 Å². The zero-order valence-electron chi connectivity index (χ0n) is 18.0. The molecule has 0 aliphatic heterocycles. The molecule has 0 aliphatic carbocycles. The highest BCUT2D eigenvalue weighted by molar-refractivity contribution is 5.68. The molecule has 0 spiro atoms. The van der Waals surface area contributed by atoms with Gasteiger partial charge in [-0.3, -0.25) is 4.79 Å². The lowest BCUT2D eigenvalue weighted by Crippen LogP contribution is -2.24. The molecule has 0 aromatic heterocycles. The average Bonchev–Trinajstić information content (AvgIpc) is 2.63. The van der Waals surface area contributed by atoms with E-state index in [1.807, 2.05) is 51.2 Å². The maximum absolute atomic E-state index is 11.8. The summed E-state index contributed by atoms with van der Waals surface area (Å²) in [5, 5.41) is 11.3. The smallest absolute Gasteiger partial charge is 0.325 e. The molecule has 5 heteroatoms. The molecule has 160 valence electrons. The van der Waals surface area contributed by atoms with Crippen LogP contribution in [0.3, 0.4) is 0 Å². The minimum absolute atomic E-state index is 0.163. The normalized spacial score (nSPS) is 11.6. The molecule has 0 atom stereocenters. The summed E-state index contributed by atoms with van der Waals surface area (Å²) in [6.07, 6.45) is 9.43. The van der Waals surface area contributed by atoms with Gasteiger partial charge in [-0.1, -0.05) is 50.3 Å². The van der Waals surface area contributed by atoms with Crippen LogP contribution in [-0.4, -0.2) is 41.9 Å². The Bertz CT molecular complexity index is 513. The molecule has 0 unspecified atom stereocenters. The molecule has 0 aliphatic rings. The molecule has 0 fully saturated rings. The molecule has 1 aromatic rings. The van der Waals surface area contributed by atoms with Crippen molar-refractivity contribution in [3.63, 3.8) is 0 Å². The summed E-state index contributed by atoms with van der Waals surface area (Å²) in [5.41, 5.74) is -0.615. The first kappa shape index (κ1) is 24.4. The number of nitrogens with zero attached hydrogens (tertiary/aromatic N) is 1. The lowest BCUT2D eigenvalue weighted by molar-refractivity contribution is -0.184. The zero-order valence-corrected chi connectivity index (χ0v) is 18.0. The number of rotatable bonds is 16. The fourth-order valence-electron chi connectivity index (χ4n) is 2.94. The highest BCUT2D eigenvalue weighted by atomic mass is 16.7. The number of unbranched alkanes of at least 4 members (excludes halogenated alkanes) is 6. The van der Waals surface area contributed by atoms with Crippen LogP contribution in [0.25, 0.3) is 0 Å². The molecule has 1 rings (SSSR count). The molecule has 5 nitrogen and oxygen atoms in total. The van der Waals surface area contributed by atoms with Gasteiger partial charge in [-0.05, 0) is 51.7 Å². The fourth-order valence-corrected chi connectivity index (χ4v) is 2.94. The van der Waals surface area contributed by atoms with Crippen molar-refractivity contribution in [3.8, 4) is 5.75 Å². The third-order valence-corrected chi connectivity index (χ3v) is 4.56. The number of para-hydroxylation sites is 1. The van der Waals surface area contributed by atoms with E-state index >= 15 is 0 Å². The summed E-state index contributed by atoms with van der Waals surface area (Å²) in [7, 11) is 1.82. The number of benzene rings is 1. The van der Waals surface area contributed by atoms with Gasteiger partial charge in [0.15, 0.2) is 0 Å². The molecule has 0 heterocycles. The number of ether oxygens (including phenoxy) is 1. The van der Waals surface area contributed by atoms with Crippen molar-refractivity contribution in [2.24, 2.45) is 0 Å². The zero-order chi connectivity index (χ0) is 20.7. The molecule has 1 aromatic carbocycles. The maximum Gasteiger partial charge on any atom is 0.325 e. The SMILES string of the molecule is CN(CCCCCCCOc1ccccc1)OC(=O)CCCCCC(C)(C)O. The number of hydrogen-bond donors (Lipinski definition) is 1. The van der Waals surface area contributed by atoms with Gasteiger partial charge in [0.05, 0.1) is 12.2 Å². The van der Waals surface area contributed by atoms with Gasteiger partial charge >= 0.3 is 5.97 Å². The molecular formula is C23H39NO4. The van der Waals surface area contributed by atoms with Gasteiger partial charge in [0.2, 0.25) is 0 Å². The van der Waals surface area contributed by atoms with E-state index < -0.39 is 5.60 Å². The second-order valence-corrected chi connectivity index (χ2v) is 8.12. The van der Waals surface area contributed by atoms with Crippen LogP contribution in [0, 0.1) is 0 Å². The number of carbonyl (C=O) groups excluding carboxylic acids is 1. The molecule has 0 amide bonds. The van der Waals surface area contributed by atoms with Gasteiger partial charge in [-0.2, -0.15) is 0 Å². The Balaban J connectivity index is 1.90. The largest absolute Gasteiger partial charge is 0.494 e. The standard InChI is InChI=1S/C23H39NO4/c1-23(2,26)18-12-8-11-17-22(25)28-24(3)19-13-5-4-6-14-20-27-21-15-9-7-10-16-21/h7,9-10,15-16,26H,4-6,8,11-14,17-20H2,1-3H3. The minimum Gasteiger partial charge on any atom is -0.494 e. The van der Waals surface area contributed by atoms with Gasteiger partial charge in [0.25, 0.3) is 0 Å².